The zero-order valence-corrected chi connectivity index (χ0v) is 16.8. The average molecular weight is 372 g/mol. The number of quaternary nitrogens is 1. The first-order valence-electron chi connectivity index (χ1n) is 10.8. The van der Waals surface area contributed by atoms with Crippen LogP contribution in [-0.2, 0) is 0 Å². The Morgan fingerprint density at radius 1 is 1.00 bits per heavy atom. The van der Waals surface area contributed by atoms with Crippen LogP contribution in [0.25, 0.3) is 0 Å². The van der Waals surface area contributed by atoms with Gasteiger partial charge in [0.15, 0.2) is 13.3 Å². The third-order valence-electron chi connectivity index (χ3n) is 6.87. The van der Waals surface area contributed by atoms with Crippen LogP contribution < -0.4 is 14.5 Å². The smallest absolute Gasteiger partial charge is 0.180 e. The van der Waals surface area contributed by atoms with Crippen LogP contribution in [0.2, 0.25) is 0 Å². The zero-order chi connectivity index (χ0) is 18.5. The molecule has 1 atom stereocenters. The topological polar surface area (TPSA) is 36.9 Å². The normalized spacial score (nSPS) is 28.1. The fraction of sp³-hybridized carbons (Fsp3) is 0.682. The van der Waals surface area contributed by atoms with Gasteiger partial charge in [-0.05, 0) is 63.7 Å². The van der Waals surface area contributed by atoms with Crippen LogP contribution in [0.15, 0.2) is 29.3 Å². The number of hydrogen-bond acceptors (Lipinski definition) is 4. The van der Waals surface area contributed by atoms with Crippen LogP contribution in [-0.4, -0.2) is 56.9 Å². The molecule has 5 nitrogen and oxygen atoms in total. The highest BCUT2D eigenvalue weighted by atomic mass is 16.5. The van der Waals surface area contributed by atoms with Crippen LogP contribution in [0, 0.1) is 0 Å². The summed E-state index contributed by atoms with van der Waals surface area (Å²) < 4.78 is 6.41. The van der Waals surface area contributed by atoms with Gasteiger partial charge in [0.05, 0.1) is 19.5 Å². The van der Waals surface area contributed by atoms with Crippen molar-refractivity contribution in [2.75, 3.05) is 33.5 Å². The van der Waals surface area contributed by atoms with E-state index in [1.807, 2.05) is 0 Å². The molecule has 0 aromatic heterocycles. The van der Waals surface area contributed by atoms with E-state index in [2.05, 4.69) is 40.8 Å². The highest BCUT2D eigenvalue weighted by Crippen LogP contribution is 2.37. The Hall–Kier alpha value is -1.59. The van der Waals surface area contributed by atoms with Gasteiger partial charge in [-0.25, -0.2) is 4.99 Å². The fourth-order valence-corrected chi connectivity index (χ4v) is 5.24. The molecule has 2 fully saturated rings. The summed E-state index contributed by atoms with van der Waals surface area (Å²) in [4.78, 5) is 7.49. The number of methoxy groups -OCH3 is 1. The number of aliphatic imine (C=N–C) groups is 1. The molecule has 5 heteroatoms. The zero-order valence-electron chi connectivity index (χ0n) is 16.8. The molecule has 27 heavy (non-hydrogen) atoms. The molecule has 0 bridgehead atoms. The summed E-state index contributed by atoms with van der Waals surface area (Å²) in [7, 11) is 1.74. The second kappa shape index (κ2) is 8.61. The SMILES string of the molecule is COc1ccc([N+]2(C3CCCCCC3)CN=CN(C3CCNCC3)C2)cc1. The minimum absolute atomic E-state index is 0.622. The molecule has 1 aromatic rings. The van der Waals surface area contributed by atoms with Gasteiger partial charge in [-0.3, -0.25) is 4.48 Å². The first-order valence-corrected chi connectivity index (χ1v) is 10.8. The molecule has 1 aromatic carbocycles. The van der Waals surface area contributed by atoms with Gasteiger partial charge < -0.3 is 15.0 Å². The number of hydrogen-bond donors (Lipinski definition) is 1. The van der Waals surface area contributed by atoms with Crippen molar-refractivity contribution in [3.05, 3.63) is 24.3 Å². The number of nitrogens with zero attached hydrogens (tertiary/aromatic N) is 3. The lowest BCUT2D eigenvalue weighted by Gasteiger charge is -2.49. The standard InChI is InChI=1S/C22H35N4O/c1-27-22-10-8-21(9-11-22)26(20-6-4-2-3-5-7-20)17-24-16-25(18-26)19-12-14-23-15-13-19/h8-11,16,19-20,23H,2-7,12-15,17-18H2,1H3/q+1. The van der Waals surface area contributed by atoms with Crippen molar-refractivity contribution < 1.29 is 4.74 Å². The van der Waals surface area contributed by atoms with Crippen molar-refractivity contribution in [2.45, 2.75) is 63.5 Å². The Kier molecular flexibility index (Phi) is 5.98. The largest absolute Gasteiger partial charge is 0.497 e. The van der Waals surface area contributed by atoms with Crippen molar-refractivity contribution in [1.29, 1.82) is 0 Å². The number of ether oxygens (including phenoxy) is 1. The van der Waals surface area contributed by atoms with E-state index in [4.69, 9.17) is 9.73 Å². The van der Waals surface area contributed by atoms with E-state index in [9.17, 15) is 0 Å². The minimum atomic E-state index is 0.622. The van der Waals surface area contributed by atoms with Gasteiger partial charge in [0.25, 0.3) is 0 Å². The predicted molar refractivity (Wildman–Crippen MR) is 112 cm³/mol. The number of rotatable bonds is 4. The van der Waals surface area contributed by atoms with E-state index < -0.39 is 0 Å². The predicted octanol–water partition coefficient (Wildman–Crippen LogP) is 3.74. The summed E-state index contributed by atoms with van der Waals surface area (Å²) in [6.45, 7) is 4.19. The number of piperidine rings is 1. The first-order chi connectivity index (χ1) is 13.3. The molecule has 1 saturated carbocycles. The van der Waals surface area contributed by atoms with E-state index in [1.165, 1.54) is 57.1 Å². The van der Waals surface area contributed by atoms with Gasteiger partial charge in [-0.2, -0.15) is 0 Å². The van der Waals surface area contributed by atoms with E-state index in [1.54, 1.807) is 7.11 Å². The average Bonchev–Trinajstić information content (AvgIpc) is 3.04. The van der Waals surface area contributed by atoms with Crippen molar-refractivity contribution in [3.8, 4) is 5.75 Å². The Morgan fingerprint density at radius 2 is 1.70 bits per heavy atom. The van der Waals surface area contributed by atoms with Gasteiger partial charge in [0.2, 0.25) is 0 Å². The Balaban J connectivity index is 1.65. The maximum atomic E-state index is 5.42. The molecule has 0 amide bonds. The quantitative estimate of drug-likeness (QED) is 0.647. The Bertz CT molecular complexity index is 618. The monoisotopic (exact) mass is 371 g/mol. The third-order valence-corrected chi connectivity index (χ3v) is 6.87. The molecule has 1 saturated heterocycles. The van der Waals surface area contributed by atoms with Gasteiger partial charge in [0.1, 0.15) is 11.4 Å². The molecule has 1 aliphatic carbocycles. The van der Waals surface area contributed by atoms with Crippen molar-refractivity contribution in [1.82, 2.24) is 14.7 Å². The maximum absolute atomic E-state index is 5.42. The van der Waals surface area contributed by atoms with E-state index in [-0.39, 0.29) is 0 Å². The Morgan fingerprint density at radius 3 is 2.37 bits per heavy atom. The number of nitrogens with one attached hydrogen (secondary N) is 1. The molecule has 0 spiro atoms. The van der Waals surface area contributed by atoms with E-state index in [0.717, 1.165) is 36.7 Å². The Labute approximate surface area is 164 Å². The molecule has 1 N–H and O–H groups in total. The number of benzene rings is 1. The molecule has 0 radical (unpaired) electrons. The molecule has 4 rings (SSSR count). The van der Waals surface area contributed by atoms with Gasteiger partial charge in [-0.1, -0.05) is 12.8 Å². The van der Waals surface area contributed by atoms with Crippen LogP contribution >= 0.6 is 0 Å². The summed E-state index contributed by atoms with van der Waals surface area (Å²) in [5, 5.41) is 3.50. The minimum Gasteiger partial charge on any atom is -0.497 e. The summed E-state index contributed by atoms with van der Waals surface area (Å²) in [6.07, 6.45) is 12.7. The molecule has 1 unspecified atom stereocenters. The summed E-state index contributed by atoms with van der Waals surface area (Å²) >= 11 is 0. The molecule has 2 aliphatic heterocycles. The lowest BCUT2D eigenvalue weighted by molar-refractivity contribution is 0.0897. The molecule has 3 aliphatic rings. The summed E-state index contributed by atoms with van der Waals surface area (Å²) in [6, 6.07) is 10.1. The molecule has 148 valence electrons. The van der Waals surface area contributed by atoms with E-state index in [0.29, 0.717) is 12.1 Å². The van der Waals surface area contributed by atoms with Gasteiger partial charge in [-0.15, -0.1) is 0 Å². The molecule has 2 heterocycles. The lowest BCUT2D eigenvalue weighted by atomic mass is 10.0. The summed E-state index contributed by atoms with van der Waals surface area (Å²) in [5.41, 5.74) is 1.40. The van der Waals surface area contributed by atoms with E-state index >= 15 is 0 Å². The fourth-order valence-electron chi connectivity index (χ4n) is 5.24. The van der Waals surface area contributed by atoms with Crippen LogP contribution in [0.1, 0.15) is 51.4 Å². The van der Waals surface area contributed by atoms with Crippen LogP contribution in [0.4, 0.5) is 5.69 Å². The second-order valence-corrected chi connectivity index (χ2v) is 8.45. The van der Waals surface area contributed by atoms with Crippen LogP contribution in [0.3, 0.4) is 0 Å². The third kappa shape index (κ3) is 3.99. The van der Waals surface area contributed by atoms with Gasteiger partial charge >= 0.3 is 0 Å². The highest BCUT2D eigenvalue weighted by molar-refractivity contribution is 5.59. The second-order valence-electron chi connectivity index (χ2n) is 8.45. The lowest BCUT2D eigenvalue weighted by Crippen LogP contribution is -2.65. The highest BCUT2D eigenvalue weighted by Gasteiger charge is 2.43. The molecular weight excluding hydrogens is 336 g/mol. The van der Waals surface area contributed by atoms with Crippen molar-refractivity contribution in [3.63, 3.8) is 0 Å². The maximum Gasteiger partial charge on any atom is 0.180 e. The van der Waals surface area contributed by atoms with Crippen LogP contribution in [0.5, 0.6) is 5.75 Å². The summed E-state index contributed by atoms with van der Waals surface area (Å²) in [5.74, 6) is 0.938. The van der Waals surface area contributed by atoms with Crippen molar-refractivity contribution in [2.24, 2.45) is 4.99 Å². The molecular formula is C22H35N4O+. The van der Waals surface area contributed by atoms with Gasteiger partial charge in [0, 0.05) is 18.2 Å². The van der Waals surface area contributed by atoms with Crippen molar-refractivity contribution >= 4 is 12.0 Å². The first kappa shape index (κ1) is 18.8.